The number of benzene rings is 2. The van der Waals surface area contributed by atoms with E-state index < -0.39 is 0 Å². The highest BCUT2D eigenvalue weighted by molar-refractivity contribution is 6.07. The van der Waals surface area contributed by atoms with Gasteiger partial charge in [-0.25, -0.2) is 9.97 Å². The predicted octanol–water partition coefficient (Wildman–Crippen LogP) is 9.42. The normalized spacial score (nSPS) is 11.7. The first-order valence-corrected chi connectivity index (χ1v) is 16.4. The van der Waals surface area contributed by atoms with E-state index in [1.165, 1.54) is 79.8 Å². The highest BCUT2D eigenvalue weighted by atomic mass is 15.1. The lowest BCUT2D eigenvalue weighted by Gasteiger charge is -2.14. The van der Waals surface area contributed by atoms with Crippen molar-refractivity contribution in [2.75, 3.05) is 11.9 Å². The van der Waals surface area contributed by atoms with Crippen LogP contribution in [-0.2, 0) is 19.5 Å². The molecule has 0 radical (unpaired) electrons. The number of hydrogen-bond donors (Lipinski definition) is 2. The first-order chi connectivity index (χ1) is 20.1. The topological polar surface area (TPSA) is 54.8 Å². The zero-order chi connectivity index (χ0) is 28.9. The SMILES string of the molecule is CCCCCCCCCCCNCc1ccc(Cn2c(CCCC)nc3c(NC(C)C)nc4ccccc4c32)cc1. The largest absolute Gasteiger partial charge is 0.366 e. The fourth-order valence-corrected chi connectivity index (χ4v) is 5.69. The van der Waals surface area contributed by atoms with Crippen molar-refractivity contribution in [2.24, 2.45) is 0 Å². The summed E-state index contributed by atoms with van der Waals surface area (Å²) >= 11 is 0. The van der Waals surface area contributed by atoms with Crippen molar-refractivity contribution in [1.82, 2.24) is 19.9 Å². The van der Waals surface area contributed by atoms with E-state index in [0.29, 0.717) is 0 Å². The number of nitrogens with zero attached hydrogens (tertiary/aromatic N) is 3. The van der Waals surface area contributed by atoms with Gasteiger partial charge in [0.2, 0.25) is 0 Å². The Kier molecular flexibility index (Phi) is 12.5. The van der Waals surface area contributed by atoms with Gasteiger partial charge < -0.3 is 15.2 Å². The number of imidazole rings is 1. The molecule has 0 aliphatic carbocycles. The van der Waals surface area contributed by atoms with Crippen molar-refractivity contribution in [3.05, 3.63) is 65.5 Å². The Morgan fingerprint density at radius 3 is 2.10 bits per heavy atom. The number of unbranched alkanes of at least 4 members (excludes halogenated alkanes) is 9. The van der Waals surface area contributed by atoms with Crippen molar-refractivity contribution in [3.63, 3.8) is 0 Å². The summed E-state index contributed by atoms with van der Waals surface area (Å²) in [6.45, 7) is 11.7. The Balaban J connectivity index is 1.40. The average Bonchev–Trinajstić information content (AvgIpc) is 3.34. The van der Waals surface area contributed by atoms with E-state index in [0.717, 1.165) is 61.6 Å². The highest BCUT2D eigenvalue weighted by Crippen LogP contribution is 2.31. The first-order valence-electron chi connectivity index (χ1n) is 16.4. The third-order valence-electron chi connectivity index (χ3n) is 7.99. The van der Waals surface area contributed by atoms with Crippen LogP contribution in [-0.4, -0.2) is 27.1 Å². The zero-order valence-corrected chi connectivity index (χ0v) is 26.1. The molecule has 0 atom stereocenters. The summed E-state index contributed by atoms with van der Waals surface area (Å²) < 4.78 is 2.44. The van der Waals surface area contributed by atoms with Gasteiger partial charge in [0.05, 0.1) is 11.0 Å². The molecule has 0 unspecified atom stereocenters. The molecule has 2 aromatic carbocycles. The Bertz CT molecular complexity index is 1320. The van der Waals surface area contributed by atoms with E-state index in [4.69, 9.17) is 9.97 Å². The molecule has 222 valence electrons. The van der Waals surface area contributed by atoms with Gasteiger partial charge in [0, 0.05) is 30.9 Å². The van der Waals surface area contributed by atoms with E-state index >= 15 is 0 Å². The Morgan fingerprint density at radius 1 is 0.732 bits per heavy atom. The number of para-hydroxylation sites is 1. The summed E-state index contributed by atoms with van der Waals surface area (Å²) in [5.41, 5.74) is 5.85. The van der Waals surface area contributed by atoms with Gasteiger partial charge in [0.1, 0.15) is 11.3 Å². The molecule has 2 N–H and O–H groups in total. The molecule has 4 rings (SSSR count). The third-order valence-corrected chi connectivity index (χ3v) is 7.99. The quantitative estimate of drug-likeness (QED) is 0.113. The van der Waals surface area contributed by atoms with Gasteiger partial charge in [0.25, 0.3) is 0 Å². The molecule has 0 spiro atoms. The summed E-state index contributed by atoms with van der Waals surface area (Å²) in [5, 5.41) is 8.39. The van der Waals surface area contributed by atoms with Gasteiger partial charge in [-0.3, -0.25) is 0 Å². The Labute approximate surface area is 248 Å². The standard InChI is InChI=1S/C36H53N5/c1-5-7-9-10-11-12-13-14-17-25-37-26-29-21-23-30(24-22-29)27-41-33(20-8-6-2)40-34-35(41)31-18-15-16-19-32(31)39-36(34)38-28(3)4/h15-16,18-19,21-24,28,37H,5-14,17,20,25-27H2,1-4H3,(H,38,39). The summed E-state index contributed by atoms with van der Waals surface area (Å²) in [4.78, 5) is 10.2. The maximum atomic E-state index is 5.19. The maximum absolute atomic E-state index is 5.19. The van der Waals surface area contributed by atoms with Crippen molar-refractivity contribution < 1.29 is 0 Å². The van der Waals surface area contributed by atoms with Crippen LogP contribution >= 0.6 is 0 Å². The van der Waals surface area contributed by atoms with Gasteiger partial charge in [0.15, 0.2) is 5.82 Å². The molecule has 0 fully saturated rings. The number of fused-ring (bicyclic) bond motifs is 3. The lowest BCUT2D eigenvalue weighted by Crippen LogP contribution is -2.14. The van der Waals surface area contributed by atoms with Crippen LogP contribution in [0.4, 0.5) is 5.82 Å². The first kappa shape index (κ1) is 31.0. The number of aryl methyl sites for hydroxylation is 1. The monoisotopic (exact) mass is 555 g/mol. The van der Waals surface area contributed by atoms with Crippen LogP contribution in [0.3, 0.4) is 0 Å². The second-order valence-electron chi connectivity index (χ2n) is 12.0. The van der Waals surface area contributed by atoms with E-state index in [1.54, 1.807) is 0 Å². The van der Waals surface area contributed by atoms with Crippen molar-refractivity contribution >= 4 is 27.8 Å². The molecule has 0 aliphatic rings. The number of hydrogen-bond acceptors (Lipinski definition) is 4. The molecular weight excluding hydrogens is 502 g/mol. The van der Waals surface area contributed by atoms with Gasteiger partial charge in [-0.15, -0.1) is 0 Å². The highest BCUT2D eigenvalue weighted by Gasteiger charge is 2.19. The van der Waals surface area contributed by atoms with Crippen LogP contribution in [0.2, 0.25) is 0 Å². The lowest BCUT2D eigenvalue weighted by molar-refractivity contribution is 0.549. The molecule has 5 heteroatoms. The number of rotatable bonds is 19. The Morgan fingerprint density at radius 2 is 1.39 bits per heavy atom. The van der Waals surface area contributed by atoms with Gasteiger partial charge in [-0.2, -0.15) is 0 Å². The van der Waals surface area contributed by atoms with Crippen LogP contribution in [0.25, 0.3) is 21.9 Å². The fraction of sp³-hybridized carbons (Fsp3) is 0.556. The minimum Gasteiger partial charge on any atom is -0.366 e. The fourth-order valence-electron chi connectivity index (χ4n) is 5.69. The second-order valence-corrected chi connectivity index (χ2v) is 12.0. The number of aromatic nitrogens is 3. The van der Waals surface area contributed by atoms with E-state index in [9.17, 15) is 0 Å². The molecule has 0 bridgehead atoms. The number of nitrogens with one attached hydrogen (secondary N) is 2. The number of pyridine rings is 1. The molecule has 41 heavy (non-hydrogen) atoms. The van der Waals surface area contributed by atoms with E-state index in [1.807, 2.05) is 0 Å². The Hall–Kier alpha value is -2.92. The third kappa shape index (κ3) is 9.03. The molecule has 0 saturated carbocycles. The smallest absolute Gasteiger partial charge is 0.155 e. The summed E-state index contributed by atoms with van der Waals surface area (Å²) in [6, 6.07) is 17.9. The molecule has 2 aromatic heterocycles. The van der Waals surface area contributed by atoms with Crippen LogP contribution in [0.5, 0.6) is 0 Å². The van der Waals surface area contributed by atoms with Crippen LogP contribution in [0.15, 0.2) is 48.5 Å². The van der Waals surface area contributed by atoms with Crippen LogP contribution in [0, 0.1) is 0 Å². The van der Waals surface area contributed by atoms with Crippen LogP contribution in [0.1, 0.15) is 115 Å². The molecular formula is C36H53N5. The molecule has 0 aliphatic heterocycles. The summed E-state index contributed by atoms with van der Waals surface area (Å²) in [5.74, 6) is 2.04. The molecule has 0 saturated heterocycles. The second kappa shape index (κ2) is 16.5. The van der Waals surface area contributed by atoms with Crippen molar-refractivity contribution in [3.8, 4) is 0 Å². The van der Waals surface area contributed by atoms with Gasteiger partial charge in [-0.05, 0) is 50.4 Å². The average molecular weight is 556 g/mol. The molecule has 0 amide bonds. The zero-order valence-electron chi connectivity index (χ0n) is 26.1. The predicted molar refractivity (Wildman–Crippen MR) is 177 cm³/mol. The molecule has 2 heterocycles. The van der Waals surface area contributed by atoms with Gasteiger partial charge >= 0.3 is 0 Å². The lowest BCUT2D eigenvalue weighted by atomic mass is 10.1. The van der Waals surface area contributed by atoms with Gasteiger partial charge in [-0.1, -0.05) is 114 Å². The van der Waals surface area contributed by atoms with Crippen LogP contribution < -0.4 is 10.6 Å². The molecule has 4 aromatic rings. The minimum absolute atomic E-state index is 0.289. The summed E-state index contributed by atoms with van der Waals surface area (Å²) in [6.07, 6.45) is 15.6. The summed E-state index contributed by atoms with van der Waals surface area (Å²) in [7, 11) is 0. The maximum Gasteiger partial charge on any atom is 0.155 e. The van der Waals surface area contributed by atoms with E-state index in [2.05, 4.69) is 91.4 Å². The van der Waals surface area contributed by atoms with E-state index in [-0.39, 0.29) is 6.04 Å². The number of anilines is 1. The van der Waals surface area contributed by atoms with Crippen molar-refractivity contribution in [2.45, 2.75) is 124 Å². The molecule has 5 nitrogen and oxygen atoms in total. The minimum atomic E-state index is 0.289. The van der Waals surface area contributed by atoms with Crippen molar-refractivity contribution in [1.29, 1.82) is 0 Å².